The van der Waals surface area contributed by atoms with Crippen LogP contribution in [-0.2, 0) is 4.79 Å². The van der Waals surface area contributed by atoms with Crippen LogP contribution in [0.2, 0.25) is 10.0 Å². The molecule has 1 N–H and O–H groups in total. The number of pyridine rings is 1. The highest BCUT2D eigenvalue weighted by atomic mass is 35.5. The second-order valence-electron chi connectivity index (χ2n) is 4.84. The van der Waals surface area contributed by atoms with Crippen molar-refractivity contribution in [2.45, 2.75) is 0 Å². The van der Waals surface area contributed by atoms with Crippen LogP contribution in [-0.4, -0.2) is 10.9 Å². The lowest BCUT2D eigenvalue weighted by atomic mass is 10.2. The Morgan fingerprint density at radius 2 is 1.78 bits per heavy atom. The predicted molar refractivity (Wildman–Crippen MR) is 95.9 cm³/mol. The molecule has 1 amide bonds. The molecule has 0 fully saturated rings. The maximum absolute atomic E-state index is 12.1. The maximum atomic E-state index is 12.1. The lowest BCUT2D eigenvalue weighted by molar-refractivity contribution is -0.111. The Morgan fingerprint density at radius 3 is 2.61 bits per heavy atom. The molecule has 0 radical (unpaired) electrons. The molecule has 3 rings (SSSR count). The van der Waals surface area contributed by atoms with E-state index in [9.17, 15) is 4.79 Å². The van der Waals surface area contributed by atoms with Crippen molar-refractivity contribution in [1.82, 2.24) is 4.98 Å². The Hall–Kier alpha value is -2.36. The van der Waals surface area contributed by atoms with Crippen LogP contribution in [0.4, 0.5) is 5.69 Å². The summed E-state index contributed by atoms with van der Waals surface area (Å²) in [5.74, 6) is -0.252. The number of nitrogens with one attached hydrogen (secondary N) is 1. The number of nitrogens with zero attached hydrogens (tertiary/aromatic N) is 1. The van der Waals surface area contributed by atoms with Gasteiger partial charge in [-0.15, -0.1) is 0 Å². The van der Waals surface area contributed by atoms with Crippen molar-refractivity contribution in [3.63, 3.8) is 0 Å². The molecule has 0 bridgehead atoms. The third-order valence-electron chi connectivity index (χ3n) is 3.30. The number of hydrogen-bond donors (Lipinski definition) is 1. The van der Waals surface area contributed by atoms with Crippen molar-refractivity contribution in [2.75, 3.05) is 5.32 Å². The summed E-state index contributed by atoms with van der Waals surface area (Å²) in [6, 6.07) is 14.5. The average molecular weight is 343 g/mol. The maximum Gasteiger partial charge on any atom is 0.248 e. The van der Waals surface area contributed by atoms with E-state index in [1.54, 1.807) is 30.5 Å². The van der Waals surface area contributed by atoms with Gasteiger partial charge in [0.05, 0.1) is 16.2 Å². The number of hydrogen-bond acceptors (Lipinski definition) is 2. The van der Waals surface area contributed by atoms with Crippen molar-refractivity contribution in [3.8, 4) is 0 Å². The Labute approximate surface area is 143 Å². The van der Waals surface area contributed by atoms with Crippen LogP contribution in [0, 0.1) is 0 Å². The van der Waals surface area contributed by atoms with Gasteiger partial charge in [0.2, 0.25) is 5.91 Å². The summed E-state index contributed by atoms with van der Waals surface area (Å²) in [5.41, 5.74) is 2.10. The van der Waals surface area contributed by atoms with Crippen LogP contribution >= 0.6 is 23.2 Å². The zero-order valence-electron chi connectivity index (χ0n) is 12.0. The molecule has 5 heteroatoms. The highest BCUT2D eigenvalue weighted by Crippen LogP contribution is 2.27. The first-order valence-electron chi connectivity index (χ1n) is 6.92. The van der Waals surface area contributed by atoms with Crippen LogP contribution < -0.4 is 5.32 Å². The Bertz CT molecular complexity index is 906. The van der Waals surface area contributed by atoms with E-state index in [2.05, 4.69) is 10.3 Å². The largest absolute Gasteiger partial charge is 0.322 e. The van der Waals surface area contributed by atoms with Crippen LogP contribution in [0.25, 0.3) is 17.0 Å². The highest BCUT2D eigenvalue weighted by molar-refractivity contribution is 6.35. The molecular weight excluding hydrogens is 331 g/mol. The Kier molecular flexibility index (Phi) is 4.60. The highest BCUT2D eigenvalue weighted by Gasteiger charge is 2.06. The Balaban J connectivity index is 1.84. The molecule has 1 aromatic heterocycles. The molecule has 0 aliphatic rings. The fraction of sp³-hybridized carbons (Fsp3) is 0. The van der Waals surface area contributed by atoms with Gasteiger partial charge in [-0.05, 0) is 29.8 Å². The van der Waals surface area contributed by atoms with Crippen molar-refractivity contribution in [3.05, 3.63) is 76.4 Å². The summed E-state index contributed by atoms with van der Waals surface area (Å²) in [6.07, 6.45) is 4.73. The van der Waals surface area contributed by atoms with Gasteiger partial charge in [0.25, 0.3) is 0 Å². The minimum Gasteiger partial charge on any atom is -0.322 e. The van der Waals surface area contributed by atoms with E-state index in [1.807, 2.05) is 30.3 Å². The first-order valence-corrected chi connectivity index (χ1v) is 7.67. The van der Waals surface area contributed by atoms with E-state index in [4.69, 9.17) is 23.2 Å². The number of amides is 1. The Morgan fingerprint density at radius 1 is 1.00 bits per heavy atom. The van der Waals surface area contributed by atoms with Gasteiger partial charge in [0.1, 0.15) is 0 Å². The van der Waals surface area contributed by atoms with E-state index >= 15 is 0 Å². The molecule has 1 heterocycles. The van der Waals surface area contributed by atoms with E-state index in [0.29, 0.717) is 21.2 Å². The minimum absolute atomic E-state index is 0.252. The number of rotatable bonds is 3. The number of para-hydroxylation sites is 1. The van der Waals surface area contributed by atoms with Gasteiger partial charge in [0.15, 0.2) is 0 Å². The van der Waals surface area contributed by atoms with E-state index in [1.165, 1.54) is 6.08 Å². The number of benzene rings is 2. The van der Waals surface area contributed by atoms with Crippen molar-refractivity contribution >= 4 is 51.8 Å². The van der Waals surface area contributed by atoms with Crippen LogP contribution in [0.1, 0.15) is 5.56 Å². The second kappa shape index (κ2) is 6.82. The molecule has 3 aromatic rings. The molecular formula is C18H12Cl2N2O. The molecule has 0 saturated heterocycles. The van der Waals surface area contributed by atoms with Gasteiger partial charge in [-0.3, -0.25) is 9.78 Å². The molecule has 114 valence electrons. The minimum atomic E-state index is -0.252. The molecule has 0 spiro atoms. The molecule has 23 heavy (non-hydrogen) atoms. The molecule has 3 nitrogen and oxygen atoms in total. The predicted octanol–water partition coefficient (Wildman–Crippen LogP) is 5.19. The van der Waals surface area contributed by atoms with Crippen LogP contribution in [0.5, 0.6) is 0 Å². The van der Waals surface area contributed by atoms with E-state index < -0.39 is 0 Å². The van der Waals surface area contributed by atoms with Gasteiger partial charge in [0, 0.05) is 22.7 Å². The van der Waals surface area contributed by atoms with E-state index in [-0.39, 0.29) is 5.91 Å². The molecule has 0 unspecified atom stereocenters. The second-order valence-corrected chi connectivity index (χ2v) is 5.65. The fourth-order valence-electron chi connectivity index (χ4n) is 2.20. The first kappa shape index (κ1) is 15.5. The zero-order chi connectivity index (χ0) is 16.2. The molecule has 0 aliphatic carbocycles. The smallest absolute Gasteiger partial charge is 0.248 e. The summed E-state index contributed by atoms with van der Waals surface area (Å²) in [5, 5.41) is 4.77. The molecule has 0 aliphatic heterocycles. The van der Waals surface area contributed by atoms with Crippen molar-refractivity contribution < 1.29 is 4.79 Å². The van der Waals surface area contributed by atoms with Gasteiger partial charge in [-0.2, -0.15) is 0 Å². The number of aromatic nitrogens is 1. The average Bonchev–Trinajstić information content (AvgIpc) is 2.55. The van der Waals surface area contributed by atoms with Gasteiger partial charge < -0.3 is 5.32 Å². The van der Waals surface area contributed by atoms with Crippen molar-refractivity contribution in [1.29, 1.82) is 0 Å². The summed E-state index contributed by atoms with van der Waals surface area (Å²) in [6.45, 7) is 0. The molecule has 0 saturated carbocycles. The molecule has 2 aromatic carbocycles. The summed E-state index contributed by atoms with van der Waals surface area (Å²) < 4.78 is 0. The lowest BCUT2D eigenvalue weighted by Crippen LogP contribution is -2.08. The summed E-state index contributed by atoms with van der Waals surface area (Å²) >= 11 is 12.2. The van der Waals surface area contributed by atoms with Crippen LogP contribution in [0.3, 0.4) is 0 Å². The third-order valence-corrected chi connectivity index (χ3v) is 3.95. The van der Waals surface area contributed by atoms with Gasteiger partial charge in [-0.1, -0.05) is 53.5 Å². The third kappa shape index (κ3) is 3.52. The number of fused-ring (bicyclic) bond motifs is 1. The first-order chi connectivity index (χ1) is 11.1. The standard InChI is InChI=1S/C18H12Cl2N2O/c19-14-6-2-1-4-12(14)8-9-17(23)22-16-10-11-21-18-13(16)5-3-7-15(18)20/h1-11H,(H,21,22,23)/b9-8+. The van der Waals surface area contributed by atoms with Gasteiger partial charge >= 0.3 is 0 Å². The number of carbonyl (C=O) groups is 1. The van der Waals surface area contributed by atoms with E-state index in [0.717, 1.165) is 10.9 Å². The topological polar surface area (TPSA) is 42.0 Å². The monoisotopic (exact) mass is 342 g/mol. The SMILES string of the molecule is O=C(/C=C/c1ccccc1Cl)Nc1ccnc2c(Cl)cccc12. The number of carbonyl (C=O) groups excluding carboxylic acids is 1. The quantitative estimate of drug-likeness (QED) is 0.665. The summed E-state index contributed by atoms with van der Waals surface area (Å²) in [7, 11) is 0. The fourth-order valence-corrected chi connectivity index (χ4v) is 2.62. The number of halogens is 2. The van der Waals surface area contributed by atoms with Crippen molar-refractivity contribution in [2.24, 2.45) is 0 Å². The van der Waals surface area contributed by atoms with Crippen LogP contribution in [0.15, 0.2) is 60.8 Å². The zero-order valence-corrected chi connectivity index (χ0v) is 13.5. The number of anilines is 1. The van der Waals surface area contributed by atoms with Gasteiger partial charge in [-0.25, -0.2) is 0 Å². The molecule has 0 atom stereocenters. The summed E-state index contributed by atoms with van der Waals surface area (Å²) in [4.78, 5) is 16.4. The lowest BCUT2D eigenvalue weighted by Gasteiger charge is -2.07. The normalized spacial score (nSPS) is 11.0.